The summed E-state index contributed by atoms with van der Waals surface area (Å²) in [7, 11) is 0. The summed E-state index contributed by atoms with van der Waals surface area (Å²) in [5.74, 6) is -0.182. The number of amides is 1. The fraction of sp³-hybridized carbons (Fsp3) is 0.250. The smallest absolute Gasteiger partial charge is 0.259 e. The van der Waals surface area contributed by atoms with Gasteiger partial charge in [0.2, 0.25) is 0 Å². The molecule has 0 saturated carbocycles. The molecule has 4 nitrogen and oxygen atoms in total. The van der Waals surface area contributed by atoms with Crippen LogP contribution in [0.15, 0.2) is 71.8 Å². The molecular weight excluding hydrogens is 346 g/mol. The van der Waals surface area contributed by atoms with E-state index in [1.807, 2.05) is 49.4 Å². The summed E-state index contributed by atoms with van der Waals surface area (Å²) in [6, 6.07) is 22.5. The predicted octanol–water partition coefficient (Wildman–Crippen LogP) is 5.09. The third-order valence-corrected chi connectivity index (χ3v) is 4.72. The van der Waals surface area contributed by atoms with E-state index in [0.29, 0.717) is 0 Å². The lowest BCUT2D eigenvalue weighted by Crippen LogP contribution is -2.26. The lowest BCUT2D eigenvalue weighted by molar-refractivity contribution is -0.119. The Labute approximate surface area is 166 Å². The fourth-order valence-electron chi connectivity index (χ4n) is 2.94. The van der Waals surface area contributed by atoms with Crippen LogP contribution in [0.3, 0.4) is 0 Å². The second kappa shape index (κ2) is 8.26. The molecule has 0 unspecified atom stereocenters. The third-order valence-electron chi connectivity index (χ3n) is 4.72. The topological polar surface area (TPSA) is 53.5 Å². The first-order valence-corrected chi connectivity index (χ1v) is 9.50. The Morgan fingerprint density at radius 1 is 0.929 bits per heavy atom. The van der Waals surface area contributed by atoms with E-state index in [9.17, 15) is 4.79 Å². The molecular formula is C24H27N3O. The molecule has 0 atom stereocenters. The SMILES string of the molecule is C/C(=N/NC(=O)CNc1ccc2ccccc2c1)c1ccc(C(C)(C)C)cc1. The lowest BCUT2D eigenvalue weighted by atomic mass is 9.86. The molecule has 3 aromatic carbocycles. The van der Waals surface area contributed by atoms with Gasteiger partial charge in [-0.15, -0.1) is 0 Å². The van der Waals surface area contributed by atoms with Crippen molar-refractivity contribution in [2.24, 2.45) is 5.10 Å². The van der Waals surface area contributed by atoms with E-state index in [1.54, 1.807) is 0 Å². The van der Waals surface area contributed by atoms with E-state index >= 15 is 0 Å². The van der Waals surface area contributed by atoms with Gasteiger partial charge in [-0.3, -0.25) is 4.79 Å². The first-order valence-electron chi connectivity index (χ1n) is 9.50. The molecule has 4 heteroatoms. The highest BCUT2D eigenvalue weighted by Crippen LogP contribution is 2.22. The molecule has 2 N–H and O–H groups in total. The highest BCUT2D eigenvalue weighted by atomic mass is 16.2. The van der Waals surface area contributed by atoms with E-state index in [1.165, 1.54) is 10.9 Å². The number of hydrogen-bond donors (Lipinski definition) is 2. The van der Waals surface area contributed by atoms with Crippen LogP contribution in [-0.2, 0) is 10.2 Å². The largest absolute Gasteiger partial charge is 0.376 e. The molecule has 0 aliphatic heterocycles. The number of carbonyl (C=O) groups excluding carboxylic acids is 1. The molecule has 0 aliphatic rings. The Morgan fingerprint density at radius 3 is 2.29 bits per heavy atom. The number of hydrogen-bond acceptors (Lipinski definition) is 3. The van der Waals surface area contributed by atoms with Crippen LogP contribution < -0.4 is 10.7 Å². The zero-order chi connectivity index (χ0) is 20.1. The van der Waals surface area contributed by atoms with Crippen molar-refractivity contribution in [2.75, 3.05) is 11.9 Å². The molecule has 0 aromatic heterocycles. The molecule has 0 heterocycles. The summed E-state index contributed by atoms with van der Waals surface area (Å²) >= 11 is 0. The van der Waals surface area contributed by atoms with E-state index in [4.69, 9.17) is 0 Å². The van der Waals surface area contributed by atoms with Crippen LogP contribution in [-0.4, -0.2) is 18.2 Å². The Hall–Kier alpha value is -3.14. The number of hydrazone groups is 1. The van der Waals surface area contributed by atoms with E-state index in [0.717, 1.165) is 22.3 Å². The quantitative estimate of drug-likeness (QED) is 0.483. The Balaban J connectivity index is 1.56. The van der Waals surface area contributed by atoms with Crippen molar-refractivity contribution in [3.8, 4) is 0 Å². The van der Waals surface area contributed by atoms with Crippen molar-refractivity contribution < 1.29 is 4.79 Å². The maximum atomic E-state index is 12.1. The number of nitrogens with one attached hydrogen (secondary N) is 2. The van der Waals surface area contributed by atoms with Gasteiger partial charge in [-0.2, -0.15) is 5.10 Å². The number of benzene rings is 3. The van der Waals surface area contributed by atoms with Gasteiger partial charge in [0.1, 0.15) is 0 Å². The zero-order valence-electron chi connectivity index (χ0n) is 16.9. The summed E-state index contributed by atoms with van der Waals surface area (Å²) in [5, 5.41) is 9.68. The van der Waals surface area contributed by atoms with Crippen LogP contribution in [0.5, 0.6) is 0 Å². The Morgan fingerprint density at radius 2 is 1.61 bits per heavy atom. The van der Waals surface area contributed by atoms with Gasteiger partial charge >= 0.3 is 0 Å². The molecule has 0 bridgehead atoms. The van der Waals surface area contributed by atoms with E-state index < -0.39 is 0 Å². The van der Waals surface area contributed by atoms with Gasteiger partial charge in [0.15, 0.2) is 0 Å². The monoisotopic (exact) mass is 373 g/mol. The van der Waals surface area contributed by atoms with Crippen LogP contribution in [0.4, 0.5) is 5.69 Å². The fourth-order valence-corrected chi connectivity index (χ4v) is 2.94. The number of carbonyl (C=O) groups is 1. The standard InChI is InChI=1S/C24H27N3O/c1-17(18-9-12-21(13-10-18)24(2,3)4)26-27-23(28)16-25-22-14-11-19-7-5-6-8-20(19)15-22/h5-15,25H,16H2,1-4H3,(H,27,28)/b26-17-. The maximum Gasteiger partial charge on any atom is 0.259 e. The molecule has 0 spiro atoms. The van der Waals surface area contributed by atoms with Crippen molar-refractivity contribution in [3.63, 3.8) is 0 Å². The number of anilines is 1. The van der Waals surface area contributed by atoms with Gasteiger partial charge in [-0.05, 0) is 46.4 Å². The van der Waals surface area contributed by atoms with Crippen molar-refractivity contribution in [2.45, 2.75) is 33.1 Å². The highest BCUT2D eigenvalue weighted by molar-refractivity contribution is 5.99. The Kier molecular flexibility index (Phi) is 5.78. The summed E-state index contributed by atoms with van der Waals surface area (Å²) in [6.07, 6.45) is 0. The van der Waals surface area contributed by atoms with Crippen LogP contribution in [0.1, 0.15) is 38.8 Å². The zero-order valence-corrected chi connectivity index (χ0v) is 16.9. The first kappa shape index (κ1) is 19.6. The average Bonchev–Trinajstić information content (AvgIpc) is 2.69. The van der Waals surface area contributed by atoms with Gasteiger partial charge in [-0.1, -0.05) is 75.4 Å². The molecule has 0 saturated heterocycles. The molecule has 144 valence electrons. The van der Waals surface area contributed by atoms with Gasteiger partial charge in [-0.25, -0.2) is 5.43 Å². The van der Waals surface area contributed by atoms with Crippen LogP contribution >= 0.6 is 0 Å². The number of fused-ring (bicyclic) bond motifs is 1. The maximum absolute atomic E-state index is 12.1. The minimum Gasteiger partial charge on any atom is -0.376 e. The molecule has 3 aromatic rings. The summed E-state index contributed by atoms with van der Waals surface area (Å²) in [4.78, 5) is 12.1. The van der Waals surface area contributed by atoms with Crippen molar-refractivity contribution >= 4 is 28.1 Å². The second-order valence-electron chi connectivity index (χ2n) is 7.98. The second-order valence-corrected chi connectivity index (χ2v) is 7.98. The Bertz CT molecular complexity index is 998. The third kappa shape index (κ3) is 4.97. The minimum absolute atomic E-state index is 0.117. The normalized spacial score (nSPS) is 12.1. The van der Waals surface area contributed by atoms with Gasteiger partial charge in [0.25, 0.3) is 5.91 Å². The summed E-state index contributed by atoms with van der Waals surface area (Å²) in [5.41, 5.74) is 6.69. The highest BCUT2D eigenvalue weighted by Gasteiger charge is 2.13. The van der Waals surface area contributed by atoms with E-state index in [-0.39, 0.29) is 17.9 Å². The number of nitrogens with zero attached hydrogens (tertiary/aromatic N) is 1. The van der Waals surface area contributed by atoms with Crippen molar-refractivity contribution in [1.29, 1.82) is 0 Å². The van der Waals surface area contributed by atoms with Crippen LogP contribution in [0.25, 0.3) is 10.8 Å². The van der Waals surface area contributed by atoms with Crippen LogP contribution in [0, 0.1) is 0 Å². The van der Waals surface area contributed by atoms with Crippen LogP contribution in [0.2, 0.25) is 0 Å². The molecule has 0 aliphatic carbocycles. The summed E-state index contributed by atoms with van der Waals surface area (Å²) in [6.45, 7) is 8.62. The summed E-state index contributed by atoms with van der Waals surface area (Å²) < 4.78 is 0. The molecule has 0 radical (unpaired) electrons. The van der Waals surface area contributed by atoms with Gasteiger partial charge < -0.3 is 5.32 Å². The minimum atomic E-state index is -0.182. The molecule has 3 rings (SSSR count). The lowest BCUT2D eigenvalue weighted by Gasteiger charge is -2.19. The van der Waals surface area contributed by atoms with E-state index in [2.05, 4.69) is 60.9 Å². The molecule has 28 heavy (non-hydrogen) atoms. The van der Waals surface area contributed by atoms with Crippen molar-refractivity contribution in [3.05, 3.63) is 77.9 Å². The molecule has 0 fully saturated rings. The predicted molar refractivity (Wildman–Crippen MR) is 118 cm³/mol. The molecule has 1 amide bonds. The average molecular weight is 374 g/mol. The van der Waals surface area contributed by atoms with Crippen molar-refractivity contribution in [1.82, 2.24) is 5.43 Å². The van der Waals surface area contributed by atoms with Gasteiger partial charge in [0.05, 0.1) is 12.3 Å². The van der Waals surface area contributed by atoms with Gasteiger partial charge in [0, 0.05) is 5.69 Å². The first-order chi connectivity index (χ1) is 13.3. The number of rotatable bonds is 5.